The van der Waals surface area contributed by atoms with Gasteiger partial charge in [0.2, 0.25) is 0 Å². The van der Waals surface area contributed by atoms with Crippen LogP contribution in [0, 0.1) is 17.8 Å². The molecule has 2 nitrogen and oxygen atoms in total. The van der Waals surface area contributed by atoms with Gasteiger partial charge in [-0.3, -0.25) is 0 Å². The van der Waals surface area contributed by atoms with Crippen molar-refractivity contribution in [1.82, 2.24) is 10.2 Å². The Bertz CT molecular complexity index is 393. The van der Waals surface area contributed by atoms with Crippen LogP contribution in [0.15, 0.2) is 30.3 Å². The van der Waals surface area contributed by atoms with E-state index in [1.165, 1.54) is 38.0 Å². The molecule has 118 valence electrons. The predicted molar refractivity (Wildman–Crippen MR) is 91.4 cm³/mol. The molecule has 0 bridgehead atoms. The minimum atomic E-state index is 0.453. The van der Waals surface area contributed by atoms with Crippen LogP contribution in [0.3, 0.4) is 0 Å². The second kappa shape index (κ2) is 7.95. The Hall–Kier alpha value is -0.860. The largest absolute Gasteiger partial charge is 0.313 e. The highest BCUT2D eigenvalue weighted by atomic mass is 15.1. The zero-order valence-electron chi connectivity index (χ0n) is 14.2. The van der Waals surface area contributed by atoms with Crippen LogP contribution in [0.1, 0.15) is 45.2 Å². The van der Waals surface area contributed by atoms with E-state index in [0.29, 0.717) is 12.0 Å². The maximum atomic E-state index is 3.51. The molecule has 0 amide bonds. The Labute approximate surface area is 130 Å². The quantitative estimate of drug-likeness (QED) is 0.852. The Morgan fingerprint density at radius 1 is 1.10 bits per heavy atom. The van der Waals surface area contributed by atoms with Gasteiger partial charge in [-0.1, -0.05) is 51.1 Å². The molecular formula is C19H32N2. The van der Waals surface area contributed by atoms with E-state index in [1.807, 2.05) is 0 Å². The van der Waals surface area contributed by atoms with E-state index < -0.39 is 0 Å². The van der Waals surface area contributed by atoms with Crippen molar-refractivity contribution in [3.63, 3.8) is 0 Å². The van der Waals surface area contributed by atoms with Crippen molar-refractivity contribution < 1.29 is 0 Å². The molecule has 2 heteroatoms. The molecule has 2 atom stereocenters. The van der Waals surface area contributed by atoms with Gasteiger partial charge in [0.25, 0.3) is 0 Å². The fraction of sp³-hybridized carbons (Fsp3) is 0.684. The predicted octanol–water partition coefficient (Wildman–Crippen LogP) is 3.95. The van der Waals surface area contributed by atoms with Gasteiger partial charge >= 0.3 is 0 Å². The molecule has 0 saturated carbocycles. The summed E-state index contributed by atoms with van der Waals surface area (Å²) < 4.78 is 0. The first kappa shape index (κ1) is 16.5. The monoisotopic (exact) mass is 288 g/mol. The first-order valence-electron chi connectivity index (χ1n) is 8.56. The summed E-state index contributed by atoms with van der Waals surface area (Å²) in [5, 5.41) is 3.51. The lowest BCUT2D eigenvalue weighted by Gasteiger charge is -2.36. The normalized spacial score (nSPS) is 20.6. The summed E-state index contributed by atoms with van der Waals surface area (Å²) in [5.41, 5.74) is 1.41. The maximum absolute atomic E-state index is 3.51. The Kier molecular flexibility index (Phi) is 6.25. The molecule has 1 aromatic carbocycles. The summed E-state index contributed by atoms with van der Waals surface area (Å²) >= 11 is 0. The molecule has 2 unspecified atom stereocenters. The summed E-state index contributed by atoms with van der Waals surface area (Å²) in [6.07, 6.45) is 2.75. The van der Waals surface area contributed by atoms with Gasteiger partial charge in [0.15, 0.2) is 0 Å². The van der Waals surface area contributed by atoms with Gasteiger partial charge in [-0.05, 0) is 56.3 Å². The summed E-state index contributed by atoms with van der Waals surface area (Å²) in [6.45, 7) is 10.9. The lowest BCUT2D eigenvalue weighted by atomic mass is 9.86. The Balaban J connectivity index is 1.87. The molecule has 1 aliphatic rings. The third kappa shape index (κ3) is 4.55. The summed E-state index contributed by atoms with van der Waals surface area (Å²) in [7, 11) is 2.08. The van der Waals surface area contributed by atoms with E-state index in [2.05, 4.69) is 68.4 Å². The van der Waals surface area contributed by atoms with E-state index in [4.69, 9.17) is 0 Å². The first-order chi connectivity index (χ1) is 10.1. The zero-order valence-corrected chi connectivity index (χ0v) is 14.2. The van der Waals surface area contributed by atoms with Crippen molar-refractivity contribution in [1.29, 1.82) is 0 Å². The van der Waals surface area contributed by atoms with E-state index in [-0.39, 0.29) is 0 Å². The van der Waals surface area contributed by atoms with Crippen LogP contribution in [0.2, 0.25) is 0 Å². The van der Waals surface area contributed by atoms with Crippen LogP contribution in [-0.2, 0) is 0 Å². The summed E-state index contributed by atoms with van der Waals surface area (Å²) in [6, 6.07) is 11.3. The molecule has 1 fully saturated rings. The minimum absolute atomic E-state index is 0.453. The van der Waals surface area contributed by atoms with Gasteiger partial charge in [0.1, 0.15) is 0 Å². The standard InChI is InChI=1S/C19H32N2/c1-15(2)17-10-12-21(13-11-17)14-16(3)19(20-4)18-8-6-5-7-9-18/h5-9,15-17,19-20H,10-14H2,1-4H3. The van der Waals surface area contributed by atoms with Crippen molar-refractivity contribution in [2.45, 2.75) is 39.7 Å². The lowest BCUT2D eigenvalue weighted by Crippen LogP contribution is -2.40. The topological polar surface area (TPSA) is 15.3 Å². The van der Waals surface area contributed by atoms with Crippen LogP contribution in [0.4, 0.5) is 0 Å². The number of hydrogen-bond donors (Lipinski definition) is 1. The number of likely N-dealkylation sites (tertiary alicyclic amines) is 1. The van der Waals surface area contributed by atoms with E-state index in [0.717, 1.165) is 11.8 Å². The summed E-state index contributed by atoms with van der Waals surface area (Å²) in [5.74, 6) is 2.41. The number of nitrogens with zero attached hydrogens (tertiary/aromatic N) is 1. The highest BCUT2D eigenvalue weighted by molar-refractivity contribution is 5.19. The molecule has 1 aliphatic heterocycles. The van der Waals surface area contributed by atoms with Gasteiger partial charge in [0.05, 0.1) is 0 Å². The SMILES string of the molecule is CNC(c1ccccc1)C(C)CN1CCC(C(C)C)CC1. The minimum Gasteiger partial charge on any atom is -0.313 e. The van der Waals surface area contributed by atoms with Gasteiger partial charge in [-0.15, -0.1) is 0 Å². The lowest BCUT2D eigenvalue weighted by molar-refractivity contribution is 0.133. The van der Waals surface area contributed by atoms with Crippen LogP contribution in [-0.4, -0.2) is 31.6 Å². The van der Waals surface area contributed by atoms with Crippen molar-refractivity contribution >= 4 is 0 Å². The number of rotatable bonds is 6. The third-order valence-corrected chi connectivity index (χ3v) is 5.16. The molecule has 2 rings (SSSR count). The molecule has 21 heavy (non-hydrogen) atoms. The molecule has 1 heterocycles. The highest BCUT2D eigenvalue weighted by Gasteiger charge is 2.25. The van der Waals surface area contributed by atoms with Crippen molar-refractivity contribution in [3.8, 4) is 0 Å². The Morgan fingerprint density at radius 3 is 2.24 bits per heavy atom. The second-order valence-corrected chi connectivity index (χ2v) is 7.04. The first-order valence-corrected chi connectivity index (χ1v) is 8.56. The van der Waals surface area contributed by atoms with E-state index >= 15 is 0 Å². The number of nitrogens with one attached hydrogen (secondary N) is 1. The third-order valence-electron chi connectivity index (χ3n) is 5.16. The molecular weight excluding hydrogens is 256 g/mol. The average molecular weight is 288 g/mol. The summed E-state index contributed by atoms with van der Waals surface area (Å²) in [4.78, 5) is 2.66. The average Bonchev–Trinajstić information content (AvgIpc) is 2.49. The fourth-order valence-corrected chi connectivity index (χ4v) is 3.75. The van der Waals surface area contributed by atoms with Gasteiger partial charge < -0.3 is 10.2 Å². The molecule has 1 aromatic rings. The number of piperidine rings is 1. The number of hydrogen-bond acceptors (Lipinski definition) is 2. The van der Waals surface area contributed by atoms with Crippen molar-refractivity contribution in [2.75, 3.05) is 26.7 Å². The van der Waals surface area contributed by atoms with Gasteiger partial charge in [-0.25, -0.2) is 0 Å². The van der Waals surface area contributed by atoms with Crippen LogP contribution in [0.5, 0.6) is 0 Å². The van der Waals surface area contributed by atoms with Crippen molar-refractivity contribution in [3.05, 3.63) is 35.9 Å². The smallest absolute Gasteiger partial charge is 0.0355 e. The molecule has 1 saturated heterocycles. The van der Waals surface area contributed by atoms with Crippen LogP contribution >= 0.6 is 0 Å². The van der Waals surface area contributed by atoms with Crippen LogP contribution in [0.25, 0.3) is 0 Å². The van der Waals surface area contributed by atoms with E-state index in [9.17, 15) is 0 Å². The molecule has 0 aromatic heterocycles. The van der Waals surface area contributed by atoms with Gasteiger partial charge in [-0.2, -0.15) is 0 Å². The Morgan fingerprint density at radius 2 is 1.71 bits per heavy atom. The zero-order chi connectivity index (χ0) is 15.2. The van der Waals surface area contributed by atoms with Gasteiger partial charge in [0, 0.05) is 12.6 Å². The highest BCUT2D eigenvalue weighted by Crippen LogP contribution is 2.27. The van der Waals surface area contributed by atoms with Crippen LogP contribution < -0.4 is 5.32 Å². The maximum Gasteiger partial charge on any atom is 0.0355 e. The molecule has 0 radical (unpaired) electrons. The van der Waals surface area contributed by atoms with Crippen molar-refractivity contribution in [2.24, 2.45) is 17.8 Å². The fourth-order valence-electron chi connectivity index (χ4n) is 3.75. The number of benzene rings is 1. The molecule has 0 aliphatic carbocycles. The molecule has 0 spiro atoms. The molecule has 1 N–H and O–H groups in total. The van der Waals surface area contributed by atoms with E-state index in [1.54, 1.807) is 0 Å². The second-order valence-electron chi connectivity index (χ2n) is 7.04.